The number of likely N-dealkylation sites (N-methyl/N-ethyl adjacent to an activating group) is 2. The van der Waals surface area contributed by atoms with Gasteiger partial charge in [-0.1, -0.05) is 6.58 Å². The standard InChI is InChI=1S/C24H31N7O2/c1-6-23(32)26-18-12-19(21(33-5)13-20(18)30(4)10-9-29(2)3)27-24-25-15-31-14-17(16-7-8-16)11-22(31)28-24/h6,11-16H,1,7-10H2,2-5H3,(H,26,32)(H,27,28). The number of nitrogens with one attached hydrogen (secondary N) is 2. The van der Waals surface area contributed by atoms with Crippen LogP contribution in [0.2, 0.25) is 0 Å². The highest BCUT2D eigenvalue weighted by Gasteiger charge is 2.25. The van der Waals surface area contributed by atoms with Crippen LogP contribution in [0.3, 0.4) is 0 Å². The minimum Gasteiger partial charge on any atom is -0.494 e. The average molecular weight is 450 g/mol. The van der Waals surface area contributed by atoms with Gasteiger partial charge in [-0.15, -0.1) is 0 Å². The molecule has 1 aliphatic rings. The Hall–Kier alpha value is -3.59. The highest BCUT2D eigenvalue weighted by Crippen LogP contribution is 2.41. The van der Waals surface area contributed by atoms with Crippen LogP contribution < -0.4 is 20.3 Å². The summed E-state index contributed by atoms with van der Waals surface area (Å²) < 4.78 is 7.60. The van der Waals surface area contributed by atoms with Gasteiger partial charge in [0.05, 0.1) is 24.2 Å². The molecular formula is C24H31N7O2. The number of aromatic nitrogens is 3. The van der Waals surface area contributed by atoms with Crippen molar-refractivity contribution in [2.45, 2.75) is 18.8 Å². The second-order valence-corrected chi connectivity index (χ2v) is 8.61. The zero-order chi connectivity index (χ0) is 23.5. The number of hydrogen-bond donors (Lipinski definition) is 2. The summed E-state index contributed by atoms with van der Waals surface area (Å²) in [6.07, 6.45) is 7.58. The fourth-order valence-electron chi connectivity index (χ4n) is 3.65. The number of ether oxygens (including phenoxy) is 1. The van der Waals surface area contributed by atoms with Gasteiger partial charge in [-0.2, -0.15) is 4.98 Å². The number of rotatable bonds is 10. The topological polar surface area (TPSA) is 87.0 Å². The lowest BCUT2D eigenvalue weighted by Gasteiger charge is -2.25. The molecule has 0 radical (unpaired) electrons. The van der Waals surface area contributed by atoms with Crippen LogP contribution in [0.15, 0.2) is 43.4 Å². The van der Waals surface area contributed by atoms with E-state index >= 15 is 0 Å². The largest absolute Gasteiger partial charge is 0.494 e. The van der Waals surface area contributed by atoms with E-state index in [4.69, 9.17) is 4.74 Å². The number of carbonyl (C=O) groups excluding carboxylic acids is 1. The van der Waals surface area contributed by atoms with Gasteiger partial charge >= 0.3 is 0 Å². The van der Waals surface area contributed by atoms with E-state index in [2.05, 4.69) is 49.2 Å². The molecule has 0 spiro atoms. The molecule has 1 fully saturated rings. The molecule has 0 bridgehead atoms. The van der Waals surface area contributed by atoms with Crippen LogP contribution >= 0.6 is 0 Å². The van der Waals surface area contributed by atoms with Gasteiger partial charge in [0, 0.05) is 32.4 Å². The minimum absolute atomic E-state index is 0.285. The molecule has 9 heteroatoms. The molecule has 2 N–H and O–H groups in total. The van der Waals surface area contributed by atoms with Gasteiger partial charge in [0.25, 0.3) is 0 Å². The molecule has 2 aromatic heterocycles. The van der Waals surface area contributed by atoms with E-state index in [1.165, 1.54) is 24.5 Å². The molecule has 0 aliphatic heterocycles. The third-order valence-corrected chi connectivity index (χ3v) is 5.72. The van der Waals surface area contributed by atoms with E-state index < -0.39 is 0 Å². The summed E-state index contributed by atoms with van der Waals surface area (Å²) in [4.78, 5) is 25.4. The summed E-state index contributed by atoms with van der Waals surface area (Å²) in [6, 6.07) is 5.85. The van der Waals surface area contributed by atoms with Crippen molar-refractivity contribution in [1.29, 1.82) is 0 Å². The van der Waals surface area contributed by atoms with Crippen molar-refractivity contribution in [2.24, 2.45) is 0 Å². The first-order valence-electron chi connectivity index (χ1n) is 11.0. The van der Waals surface area contributed by atoms with Crippen molar-refractivity contribution in [3.05, 3.63) is 48.9 Å². The summed E-state index contributed by atoms with van der Waals surface area (Å²) in [7, 11) is 7.65. The lowest BCUT2D eigenvalue weighted by molar-refractivity contribution is -0.111. The van der Waals surface area contributed by atoms with Crippen molar-refractivity contribution in [3.63, 3.8) is 0 Å². The third-order valence-electron chi connectivity index (χ3n) is 5.72. The van der Waals surface area contributed by atoms with Gasteiger partial charge in [0.15, 0.2) is 0 Å². The van der Waals surface area contributed by atoms with Crippen LogP contribution in [-0.2, 0) is 4.79 Å². The van der Waals surface area contributed by atoms with Crippen LogP contribution in [0.25, 0.3) is 5.65 Å². The molecule has 1 aromatic carbocycles. The number of hydrogen-bond acceptors (Lipinski definition) is 7. The molecule has 0 unspecified atom stereocenters. The molecule has 9 nitrogen and oxygen atoms in total. The van der Waals surface area contributed by atoms with E-state index in [0.29, 0.717) is 29.0 Å². The lowest BCUT2D eigenvalue weighted by Crippen LogP contribution is -2.29. The van der Waals surface area contributed by atoms with Crippen LogP contribution in [0, 0.1) is 0 Å². The Morgan fingerprint density at radius 2 is 2.03 bits per heavy atom. The second kappa shape index (κ2) is 9.50. The van der Waals surface area contributed by atoms with Crippen molar-refractivity contribution >= 4 is 34.6 Å². The van der Waals surface area contributed by atoms with Crippen LogP contribution in [0.5, 0.6) is 5.75 Å². The maximum absolute atomic E-state index is 12.1. The minimum atomic E-state index is -0.285. The Morgan fingerprint density at radius 1 is 1.24 bits per heavy atom. The smallest absolute Gasteiger partial charge is 0.247 e. The number of methoxy groups -OCH3 is 1. The molecule has 4 rings (SSSR count). The molecule has 2 heterocycles. The molecular weight excluding hydrogens is 418 g/mol. The fourth-order valence-corrected chi connectivity index (χ4v) is 3.65. The van der Waals surface area contributed by atoms with E-state index in [0.717, 1.165) is 24.4 Å². The Morgan fingerprint density at radius 3 is 2.70 bits per heavy atom. The maximum Gasteiger partial charge on any atom is 0.247 e. The second-order valence-electron chi connectivity index (χ2n) is 8.61. The highest BCUT2D eigenvalue weighted by molar-refractivity contribution is 6.02. The van der Waals surface area contributed by atoms with Gasteiger partial charge in [0.1, 0.15) is 17.7 Å². The van der Waals surface area contributed by atoms with E-state index in [1.54, 1.807) is 13.4 Å². The van der Waals surface area contributed by atoms with E-state index in [-0.39, 0.29) is 5.91 Å². The molecule has 1 amide bonds. The molecule has 0 atom stereocenters. The number of fused-ring (bicyclic) bond motifs is 1. The van der Waals surface area contributed by atoms with Gasteiger partial charge in [-0.3, -0.25) is 9.20 Å². The van der Waals surface area contributed by atoms with Gasteiger partial charge in [-0.05, 0) is 56.6 Å². The number of benzene rings is 1. The van der Waals surface area contributed by atoms with Crippen LogP contribution in [0.1, 0.15) is 24.3 Å². The first-order valence-corrected chi connectivity index (χ1v) is 11.0. The van der Waals surface area contributed by atoms with Crippen molar-refractivity contribution in [1.82, 2.24) is 19.3 Å². The van der Waals surface area contributed by atoms with Crippen LogP contribution in [0.4, 0.5) is 23.0 Å². The Kier molecular flexibility index (Phi) is 6.50. The SMILES string of the molecule is C=CC(=O)Nc1cc(Nc2ncn3cc(C4CC4)cc3n2)c(OC)cc1N(C)CCN(C)C. The van der Waals surface area contributed by atoms with Crippen molar-refractivity contribution in [3.8, 4) is 5.75 Å². The normalized spacial score (nSPS) is 13.2. The van der Waals surface area contributed by atoms with Crippen molar-refractivity contribution < 1.29 is 9.53 Å². The predicted octanol–water partition coefficient (Wildman–Crippen LogP) is 3.48. The summed E-state index contributed by atoms with van der Waals surface area (Å²) in [5, 5.41) is 6.16. The highest BCUT2D eigenvalue weighted by atomic mass is 16.5. The third kappa shape index (κ3) is 5.25. The Bertz CT molecular complexity index is 1170. The molecule has 0 saturated heterocycles. The summed E-state index contributed by atoms with van der Waals surface area (Å²) >= 11 is 0. The first kappa shape index (κ1) is 22.6. The number of anilines is 4. The number of nitrogens with zero attached hydrogens (tertiary/aromatic N) is 5. The van der Waals surface area contributed by atoms with Gasteiger partial charge in [-0.25, -0.2) is 4.98 Å². The van der Waals surface area contributed by atoms with Gasteiger partial charge in [0.2, 0.25) is 11.9 Å². The Balaban J connectivity index is 1.66. The molecule has 3 aromatic rings. The molecule has 1 aliphatic carbocycles. The quantitative estimate of drug-likeness (QED) is 0.458. The Labute approximate surface area is 194 Å². The average Bonchev–Trinajstić information content (AvgIpc) is 3.56. The lowest BCUT2D eigenvalue weighted by atomic mass is 10.2. The number of amides is 1. The molecule has 33 heavy (non-hydrogen) atoms. The zero-order valence-corrected chi connectivity index (χ0v) is 19.6. The summed E-state index contributed by atoms with van der Waals surface area (Å²) in [6.45, 7) is 5.21. The zero-order valence-electron chi connectivity index (χ0n) is 19.6. The summed E-state index contributed by atoms with van der Waals surface area (Å²) in [5.41, 5.74) is 4.28. The summed E-state index contributed by atoms with van der Waals surface area (Å²) in [5.74, 6) is 1.44. The predicted molar refractivity (Wildman–Crippen MR) is 132 cm³/mol. The van der Waals surface area contributed by atoms with Crippen molar-refractivity contribution in [2.75, 3.05) is 56.9 Å². The number of carbonyl (C=O) groups is 1. The van der Waals surface area contributed by atoms with Crippen LogP contribution in [-0.4, -0.2) is 66.5 Å². The molecule has 174 valence electrons. The van der Waals surface area contributed by atoms with E-state index in [9.17, 15) is 4.79 Å². The fraction of sp³-hybridized carbons (Fsp3) is 0.375. The maximum atomic E-state index is 12.1. The van der Waals surface area contributed by atoms with Gasteiger partial charge < -0.3 is 25.2 Å². The monoisotopic (exact) mass is 449 g/mol. The first-order chi connectivity index (χ1) is 15.9. The van der Waals surface area contributed by atoms with E-state index in [1.807, 2.05) is 37.7 Å². The molecule has 1 saturated carbocycles.